The molecule has 1 aromatic rings. The lowest BCUT2D eigenvalue weighted by Gasteiger charge is -2.27. The van der Waals surface area contributed by atoms with Crippen LogP contribution in [0.15, 0.2) is 12.3 Å². The summed E-state index contributed by atoms with van der Waals surface area (Å²) < 4.78 is 2.06. The molecule has 1 aromatic heterocycles. The lowest BCUT2D eigenvalue weighted by atomic mass is 10.2. The molecule has 1 unspecified atom stereocenters. The molecule has 100 valence electrons. The van der Waals surface area contributed by atoms with Crippen LogP contribution in [0.4, 0.5) is 5.69 Å². The summed E-state index contributed by atoms with van der Waals surface area (Å²) in [5, 5.41) is 0. The van der Waals surface area contributed by atoms with Gasteiger partial charge in [0, 0.05) is 24.8 Å². The summed E-state index contributed by atoms with van der Waals surface area (Å²) in [7, 11) is 0. The van der Waals surface area contributed by atoms with Crippen molar-refractivity contribution >= 4 is 11.6 Å². The molecule has 1 aliphatic carbocycles. The lowest BCUT2D eigenvalue weighted by Crippen LogP contribution is -2.39. The molecule has 2 rings (SSSR count). The maximum Gasteiger partial charge on any atom is 0.270 e. The minimum atomic E-state index is 0.107. The van der Waals surface area contributed by atoms with Gasteiger partial charge in [0.15, 0.2) is 0 Å². The number of nitrogens with zero attached hydrogens (tertiary/aromatic N) is 2. The second-order valence-electron chi connectivity index (χ2n) is 5.15. The maximum atomic E-state index is 12.6. The molecule has 1 heterocycles. The smallest absolute Gasteiger partial charge is 0.270 e. The van der Waals surface area contributed by atoms with Gasteiger partial charge in [-0.2, -0.15) is 0 Å². The second-order valence-corrected chi connectivity index (χ2v) is 5.15. The van der Waals surface area contributed by atoms with Crippen molar-refractivity contribution < 1.29 is 4.79 Å². The zero-order chi connectivity index (χ0) is 13.3. The first kappa shape index (κ1) is 13.0. The number of rotatable bonds is 5. The molecule has 0 aliphatic heterocycles. The van der Waals surface area contributed by atoms with Crippen molar-refractivity contribution in [2.75, 3.05) is 12.3 Å². The van der Waals surface area contributed by atoms with Crippen molar-refractivity contribution in [1.82, 2.24) is 9.47 Å². The second kappa shape index (κ2) is 5.04. The summed E-state index contributed by atoms with van der Waals surface area (Å²) >= 11 is 0. The van der Waals surface area contributed by atoms with E-state index < -0.39 is 0 Å². The van der Waals surface area contributed by atoms with Crippen LogP contribution in [0.25, 0.3) is 0 Å². The normalized spacial score (nSPS) is 16.6. The van der Waals surface area contributed by atoms with Gasteiger partial charge in [0.1, 0.15) is 5.69 Å². The average Bonchev–Trinajstić information content (AvgIpc) is 3.12. The Bertz CT molecular complexity index is 434. The highest BCUT2D eigenvalue weighted by molar-refractivity contribution is 5.94. The Hall–Kier alpha value is -1.45. The van der Waals surface area contributed by atoms with Gasteiger partial charge in [0.05, 0.1) is 5.69 Å². The molecule has 1 atom stereocenters. The fourth-order valence-electron chi connectivity index (χ4n) is 2.35. The highest BCUT2D eigenvalue weighted by Crippen LogP contribution is 2.37. The van der Waals surface area contributed by atoms with Gasteiger partial charge in [-0.1, -0.05) is 6.92 Å². The monoisotopic (exact) mass is 249 g/mol. The molecule has 0 aromatic carbocycles. The highest BCUT2D eigenvalue weighted by atomic mass is 16.2. The van der Waals surface area contributed by atoms with Gasteiger partial charge >= 0.3 is 0 Å². The van der Waals surface area contributed by atoms with E-state index in [4.69, 9.17) is 5.73 Å². The summed E-state index contributed by atoms with van der Waals surface area (Å²) in [5.41, 5.74) is 7.27. The molecule has 1 amide bonds. The number of carbonyl (C=O) groups is 1. The number of amides is 1. The van der Waals surface area contributed by atoms with Gasteiger partial charge < -0.3 is 15.2 Å². The Morgan fingerprint density at radius 2 is 2.22 bits per heavy atom. The van der Waals surface area contributed by atoms with Crippen LogP contribution >= 0.6 is 0 Å². The minimum absolute atomic E-state index is 0.107. The van der Waals surface area contributed by atoms with Crippen molar-refractivity contribution in [2.45, 2.75) is 52.1 Å². The van der Waals surface area contributed by atoms with Gasteiger partial charge in [-0.05, 0) is 39.2 Å². The maximum absolute atomic E-state index is 12.6. The Labute approximate surface area is 109 Å². The Morgan fingerprint density at radius 3 is 2.72 bits per heavy atom. The number of nitrogens with two attached hydrogens (primary N) is 1. The molecule has 2 N–H and O–H groups in total. The zero-order valence-corrected chi connectivity index (χ0v) is 11.5. The minimum Gasteiger partial charge on any atom is -0.397 e. The van der Waals surface area contributed by atoms with Crippen molar-refractivity contribution in [3.63, 3.8) is 0 Å². The number of hydrogen-bond donors (Lipinski definition) is 1. The number of nitrogen functional groups attached to an aromatic ring is 1. The summed E-state index contributed by atoms with van der Waals surface area (Å²) in [4.78, 5) is 14.5. The molecular formula is C14H23N3O. The van der Waals surface area contributed by atoms with E-state index in [1.807, 2.05) is 24.1 Å². The summed E-state index contributed by atoms with van der Waals surface area (Å²) in [6.45, 7) is 6.96. The largest absolute Gasteiger partial charge is 0.397 e. The van der Waals surface area contributed by atoms with E-state index in [9.17, 15) is 4.79 Å². The van der Waals surface area contributed by atoms with Crippen LogP contribution in [-0.2, 0) is 0 Å². The van der Waals surface area contributed by atoms with Crippen LogP contribution in [-0.4, -0.2) is 28.0 Å². The molecule has 4 nitrogen and oxygen atoms in total. The van der Waals surface area contributed by atoms with Crippen LogP contribution in [0.1, 0.15) is 56.6 Å². The third-order valence-electron chi connectivity index (χ3n) is 3.75. The molecule has 1 saturated carbocycles. The topological polar surface area (TPSA) is 51.3 Å². The quantitative estimate of drug-likeness (QED) is 0.872. The van der Waals surface area contributed by atoms with Gasteiger partial charge in [-0.15, -0.1) is 0 Å². The van der Waals surface area contributed by atoms with Crippen molar-refractivity contribution in [2.24, 2.45) is 0 Å². The third kappa shape index (κ3) is 2.37. The number of aromatic nitrogens is 1. The van der Waals surface area contributed by atoms with Crippen LogP contribution in [0.3, 0.4) is 0 Å². The van der Waals surface area contributed by atoms with Crippen LogP contribution in [0.5, 0.6) is 0 Å². The van der Waals surface area contributed by atoms with E-state index in [0.29, 0.717) is 11.7 Å². The molecule has 18 heavy (non-hydrogen) atoms. The van der Waals surface area contributed by atoms with E-state index in [1.165, 1.54) is 0 Å². The van der Waals surface area contributed by atoms with Crippen LogP contribution in [0, 0.1) is 0 Å². The molecular weight excluding hydrogens is 226 g/mol. The first-order valence-corrected chi connectivity index (χ1v) is 6.86. The lowest BCUT2D eigenvalue weighted by molar-refractivity contribution is 0.0688. The molecule has 0 radical (unpaired) electrons. The molecule has 1 fully saturated rings. The van der Waals surface area contributed by atoms with Crippen molar-refractivity contribution in [1.29, 1.82) is 0 Å². The SMILES string of the molecule is CCC(C)N(CC)C(=O)c1cc(N)cn1C1CC1. The van der Waals surface area contributed by atoms with Gasteiger partial charge in [-0.25, -0.2) is 0 Å². The Kier molecular flexibility index (Phi) is 3.64. The molecule has 0 saturated heterocycles. The molecule has 1 aliphatic rings. The molecule has 0 spiro atoms. The fourth-order valence-corrected chi connectivity index (χ4v) is 2.35. The number of anilines is 1. The first-order chi connectivity index (χ1) is 8.58. The van der Waals surface area contributed by atoms with E-state index in [1.54, 1.807) is 0 Å². The van der Waals surface area contributed by atoms with Crippen molar-refractivity contribution in [3.8, 4) is 0 Å². The summed E-state index contributed by atoms with van der Waals surface area (Å²) in [6, 6.07) is 2.56. The van der Waals surface area contributed by atoms with Crippen molar-refractivity contribution in [3.05, 3.63) is 18.0 Å². The molecule has 4 heteroatoms. The summed E-state index contributed by atoms with van der Waals surface area (Å²) in [5.74, 6) is 0.107. The number of carbonyl (C=O) groups excluding carboxylic acids is 1. The van der Waals surface area contributed by atoms with Crippen LogP contribution < -0.4 is 5.73 Å². The Morgan fingerprint density at radius 1 is 1.56 bits per heavy atom. The van der Waals surface area contributed by atoms with Gasteiger partial charge in [0.2, 0.25) is 0 Å². The third-order valence-corrected chi connectivity index (χ3v) is 3.75. The predicted molar refractivity (Wildman–Crippen MR) is 73.6 cm³/mol. The highest BCUT2D eigenvalue weighted by Gasteiger charge is 2.30. The predicted octanol–water partition coefficient (Wildman–Crippen LogP) is 2.67. The fraction of sp³-hybridized carbons (Fsp3) is 0.643. The Balaban J connectivity index is 2.26. The van der Waals surface area contributed by atoms with E-state index in [-0.39, 0.29) is 11.9 Å². The standard InChI is InChI=1S/C14H23N3O/c1-4-10(3)16(5-2)14(18)13-8-11(15)9-17(13)12-6-7-12/h8-10,12H,4-7,15H2,1-3H3. The van der Waals surface area contributed by atoms with E-state index in [0.717, 1.165) is 31.5 Å². The van der Waals surface area contributed by atoms with E-state index >= 15 is 0 Å². The summed E-state index contributed by atoms with van der Waals surface area (Å²) in [6.07, 6.45) is 5.18. The molecule has 0 bridgehead atoms. The zero-order valence-electron chi connectivity index (χ0n) is 11.5. The van der Waals surface area contributed by atoms with Gasteiger partial charge in [0.25, 0.3) is 5.91 Å². The van der Waals surface area contributed by atoms with Crippen LogP contribution in [0.2, 0.25) is 0 Å². The number of hydrogen-bond acceptors (Lipinski definition) is 2. The first-order valence-electron chi connectivity index (χ1n) is 6.86. The van der Waals surface area contributed by atoms with E-state index in [2.05, 4.69) is 18.4 Å². The van der Waals surface area contributed by atoms with Gasteiger partial charge in [-0.3, -0.25) is 4.79 Å². The average molecular weight is 249 g/mol.